The lowest BCUT2D eigenvalue weighted by Crippen LogP contribution is -1.71. The van der Waals surface area contributed by atoms with E-state index < -0.39 is 49.0 Å². The quantitative estimate of drug-likeness (QED) is 0.500. The minimum Gasteiger partial charge on any atom is -0.0617 e. The molecule has 0 N–H and O–H groups in total. The fourth-order valence-electron chi connectivity index (χ4n) is 0.344. The van der Waals surface area contributed by atoms with E-state index in [4.69, 9.17) is 13.7 Å². The Hall–Kier alpha value is -0.780. The Balaban J connectivity index is 3.83. The van der Waals surface area contributed by atoms with E-state index in [0.717, 1.165) is 0 Å². The monoisotopic (exact) mass is 126 g/mol. The predicted molar refractivity (Wildman–Crippen MR) is 35.9 cm³/mol. The van der Waals surface area contributed by atoms with Crippen molar-refractivity contribution in [1.29, 1.82) is 0 Å². The molecule has 0 radical (unpaired) electrons. The molecule has 0 nitrogen and oxygen atoms in total. The third-order valence-electron chi connectivity index (χ3n) is 0.625. The van der Waals surface area contributed by atoms with Crippen LogP contribution in [0.2, 0.25) is 0 Å². The van der Waals surface area contributed by atoms with Gasteiger partial charge in [-0.05, 0) is 13.7 Å². The van der Waals surface area contributed by atoms with Crippen LogP contribution in [0.4, 0.5) is 0 Å². The van der Waals surface area contributed by atoms with E-state index in [1.165, 1.54) is 0 Å². The van der Waals surface area contributed by atoms with Crippen molar-refractivity contribution in [3.8, 4) is 0 Å². The van der Waals surface area contributed by atoms with Gasteiger partial charge in [-0.2, -0.15) is 0 Å². The van der Waals surface area contributed by atoms with E-state index >= 15 is 0 Å². The zero-order valence-corrected chi connectivity index (χ0v) is 4.00. The van der Waals surface area contributed by atoms with Crippen LogP contribution in [0.15, 0.2) is 24.2 Å². The zero-order chi connectivity index (χ0) is 14.5. The van der Waals surface area contributed by atoms with Gasteiger partial charge < -0.3 is 0 Å². The van der Waals surface area contributed by atoms with Crippen molar-refractivity contribution < 1.29 is 13.7 Å². The van der Waals surface area contributed by atoms with Gasteiger partial charge in [-0.15, -0.1) is 0 Å². The van der Waals surface area contributed by atoms with Gasteiger partial charge in [-0.1, -0.05) is 35.3 Å². The number of hydrogen-bond acceptors (Lipinski definition) is 0. The molecule has 0 heteroatoms. The fraction of sp³-hybridized carbons (Fsp3) is 0.250. The minimum atomic E-state index is -2.86. The topological polar surface area (TPSA) is 0 Å². The molecule has 0 bridgehead atoms. The van der Waals surface area contributed by atoms with E-state index in [0.29, 0.717) is 0 Å². The third-order valence-corrected chi connectivity index (χ3v) is 0.625. The molecule has 0 fully saturated rings. The Morgan fingerprint density at radius 1 is 1.38 bits per heavy atom. The van der Waals surface area contributed by atoms with Crippen molar-refractivity contribution in [2.24, 2.45) is 0 Å². The molecule has 0 saturated heterocycles. The Labute approximate surface area is 64.2 Å². The summed E-state index contributed by atoms with van der Waals surface area (Å²) in [6.45, 7) is -5.73. The van der Waals surface area contributed by atoms with Gasteiger partial charge in [0.05, 0.1) is 5.48 Å². The molecule has 0 aliphatic rings. The molecule has 0 aliphatic carbocycles. The van der Waals surface area contributed by atoms with Crippen molar-refractivity contribution >= 4 is 0 Å². The summed E-state index contributed by atoms with van der Waals surface area (Å²) in [4.78, 5) is 0. The highest BCUT2D eigenvalue weighted by atomic mass is 13.9. The molecule has 8 heavy (non-hydrogen) atoms. The fourth-order valence-corrected chi connectivity index (χ4v) is 0.344. The van der Waals surface area contributed by atoms with E-state index in [1.807, 2.05) is 0 Å². The molecule has 1 aromatic rings. The van der Waals surface area contributed by atoms with Crippen molar-refractivity contribution in [2.75, 3.05) is 0 Å². The Bertz CT molecular complexity index is 439. The molecule has 0 aromatic heterocycles. The van der Waals surface area contributed by atoms with Gasteiger partial charge in [-0.25, -0.2) is 0 Å². The Kier molecular flexibility index (Phi) is 0.235. The highest BCUT2D eigenvalue weighted by Gasteiger charge is 1.80. The molecule has 42 valence electrons. The van der Waals surface area contributed by atoms with Crippen LogP contribution in [0.25, 0.3) is 0 Å². The Morgan fingerprint density at radius 3 is 2.50 bits per heavy atom. The maximum Gasteiger partial charge on any atom is 0.0628 e. The first-order valence-corrected chi connectivity index (χ1v) is 2.00. The normalized spacial score (nSPS) is 30.5. The second kappa shape index (κ2) is 1.99. The SMILES string of the molecule is [3H]c1c([3H])c(C([3H])([3H])[3H])c([3H])c(C([3H])([3H])[3H])c1[3H]. The molecule has 0 heterocycles. The maximum atomic E-state index is 7.59. The van der Waals surface area contributed by atoms with Crippen molar-refractivity contribution in [3.05, 3.63) is 35.3 Å². The summed E-state index contributed by atoms with van der Waals surface area (Å²) in [5, 5.41) is 0. The summed E-state index contributed by atoms with van der Waals surface area (Å²) in [5.41, 5.74) is -1.59. The van der Waals surface area contributed by atoms with E-state index in [9.17, 15) is 0 Å². The average Bonchev–Trinajstić information content (AvgIpc) is 2.09. The van der Waals surface area contributed by atoms with Crippen LogP contribution in [-0.4, -0.2) is 0 Å². The van der Waals surface area contributed by atoms with Crippen molar-refractivity contribution in [3.63, 3.8) is 0 Å². The molecule has 0 atom stereocenters. The standard InChI is InChI=1S/C8H10/c1-7-4-3-5-8(2)6-7/h3-6H,1-2H3/i1T3,2T3,3T,4T,5T,6T. The van der Waals surface area contributed by atoms with Gasteiger partial charge in [0.15, 0.2) is 0 Å². The van der Waals surface area contributed by atoms with Crippen LogP contribution in [0, 0.1) is 13.7 Å². The first kappa shape index (κ1) is 0.942. The smallest absolute Gasteiger partial charge is 0.0617 e. The summed E-state index contributed by atoms with van der Waals surface area (Å²) in [5.74, 6) is 0. The van der Waals surface area contributed by atoms with Crippen LogP contribution in [0.3, 0.4) is 0 Å². The summed E-state index contributed by atoms with van der Waals surface area (Å²) in [6.07, 6.45) is 0. The van der Waals surface area contributed by atoms with Crippen LogP contribution in [-0.2, 0) is 0 Å². The lowest BCUT2D eigenvalue weighted by molar-refractivity contribution is 1.39. The van der Waals surface area contributed by atoms with Gasteiger partial charge in [0.1, 0.15) is 0 Å². The molecule has 0 amide bonds. The highest BCUT2D eigenvalue weighted by molar-refractivity contribution is 5.20. The minimum absolute atomic E-state index is 0.789. The average molecular weight is 126 g/mol. The van der Waals surface area contributed by atoms with Crippen molar-refractivity contribution in [1.82, 2.24) is 0 Å². The van der Waals surface area contributed by atoms with E-state index in [1.54, 1.807) is 0 Å². The number of benzene rings is 1. The van der Waals surface area contributed by atoms with Crippen LogP contribution >= 0.6 is 0 Å². The summed E-state index contributed by atoms with van der Waals surface area (Å²) in [6, 6.07) is -3.25. The second-order valence-corrected chi connectivity index (χ2v) is 1.25. The largest absolute Gasteiger partial charge is 0.0628 e. The van der Waals surface area contributed by atoms with Crippen LogP contribution in [0.5, 0.6) is 0 Å². The first-order chi connectivity index (χ1) is 7.89. The molecule has 1 aromatic carbocycles. The van der Waals surface area contributed by atoms with Gasteiger partial charge in [-0.3, -0.25) is 0 Å². The maximum absolute atomic E-state index is 7.59. The first-order valence-electron chi connectivity index (χ1n) is 7.00. The molecule has 0 unspecified atom stereocenters. The van der Waals surface area contributed by atoms with Gasteiger partial charge >= 0.3 is 0 Å². The molecule has 0 aliphatic heterocycles. The number of rotatable bonds is 0. The lowest BCUT2D eigenvalue weighted by Gasteiger charge is -1.90. The molecule has 0 saturated carbocycles. The summed E-state index contributed by atoms with van der Waals surface area (Å²) < 4.78 is 73.1. The van der Waals surface area contributed by atoms with E-state index in [-0.39, 0.29) is 0 Å². The van der Waals surface area contributed by atoms with E-state index in [2.05, 4.69) is 0 Å². The van der Waals surface area contributed by atoms with Gasteiger partial charge in [0.25, 0.3) is 0 Å². The highest BCUT2D eigenvalue weighted by Crippen LogP contribution is 2.00. The zero-order valence-electron chi connectivity index (χ0n) is 14.0. The molecular formula is C8H10. The third kappa shape index (κ3) is 1.09. The molecular weight excluding hydrogens is 96.1 g/mol. The predicted octanol–water partition coefficient (Wildman–Crippen LogP) is 2.30. The molecule has 1 rings (SSSR count). The van der Waals surface area contributed by atoms with Gasteiger partial charge in [0.2, 0.25) is 0 Å². The van der Waals surface area contributed by atoms with Gasteiger partial charge in [0, 0.05) is 8.22 Å². The summed E-state index contributed by atoms with van der Waals surface area (Å²) >= 11 is 0. The lowest BCUT2D eigenvalue weighted by atomic mass is 10.2. The van der Waals surface area contributed by atoms with Crippen molar-refractivity contribution in [2.45, 2.75) is 13.7 Å². The number of hydrogen-bond donors (Lipinski definition) is 0. The summed E-state index contributed by atoms with van der Waals surface area (Å²) in [7, 11) is 0. The van der Waals surface area contributed by atoms with Crippen LogP contribution in [0.1, 0.15) is 24.8 Å². The Morgan fingerprint density at radius 2 is 2.00 bits per heavy atom. The second-order valence-electron chi connectivity index (χ2n) is 1.25. The molecule has 0 spiro atoms. The van der Waals surface area contributed by atoms with Crippen LogP contribution < -0.4 is 0 Å².